The van der Waals surface area contributed by atoms with Gasteiger partial charge in [-0.25, -0.2) is 0 Å². The fraction of sp³-hybridized carbons (Fsp3) is 0.222. The molecule has 0 spiro atoms. The van der Waals surface area contributed by atoms with Gasteiger partial charge in [-0.1, -0.05) is 27.5 Å². The summed E-state index contributed by atoms with van der Waals surface area (Å²) in [5.74, 6) is -0.509. The highest BCUT2D eigenvalue weighted by Crippen LogP contribution is 2.25. The molecule has 5 heteroatoms. The van der Waals surface area contributed by atoms with Crippen molar-refractivity contribution in [1.29, 1.82) is 0 Å². The molecule has 2 N–H and O–H groups in total. The lowest BCUT2D eigenvalue weighted by Gasteiger charge is -2.11. The van der Waals surface area contributed by atoms with E-state index in [0.717, 1.165) is 4.47 Å². The molecule has 1 atom stereocenters. The van der Waals surface area contributed by atoms with Crippen molar-refractivity contribution in [1.82, 2.24) is 0 Å². The minimum Gasteiger partial charge on any atom is -0.468 e. The van der Waals surface area contributed by atoms with Gasteiger partial charge >= 0.3 is 5.97 Å². The van der Waals surface area contributed by atoms with Crippen molar-refractivity contribution in [3.8, 4) is 0 Å². The third kappa shape index (κ3) is 2.47. The van der Waals surface area contributed by atoms with Crippen LogP contribution in [0.25, 0.3) is 0 Å². The predicted molar refractivity (Wildman–Crippen MR) is 58.1 cm³/mol. The fourth-order valence-corrected chi connectivity index (χ4v) is 1.62. The number of ether oxygens (including phenoxy) is 1. The third-order valence-corrected chi connectivity index (χ3v) is 2.59. The SMILES string of the molecule is COC(=O)[C@H](N)c1cc(Br)ccc1Cl. The highest BCUT2D eigenvalue weighted by molar-refractivity contribution is 9.10. The first-order valence-corrected chi connectivity index (χ1v) is 5.01. The zero-order valence-corrected chi connectivity index (χ0v) is 9.80. The van der Waals surface area contributed by atoms with Crippen LogP contribution in [0.5, 0.6) is 0 Å². The van der Waals surface area contributed by atoms with Gasteiger partial charge in [0.1, 0.15) is 6.04 Å². The van der Waals surface area contributed by atoms with Crippen molar-refractivity contribution < 1.29 is 9.53 Å². The molecule has 0 aliphatic rings. The van der Waals surface area contributed by atoms with Crippen LogP contribution in [-0.4, -0.2) is 13.1 Å². The van der Waals surface area contributed by atoms with Gasteiger partial charge in [0.2, 0.25) is 0 Å². The molecule has 0 amide bonds. The molecule has 14 heavy (non-hydrogen) atoms. The van der Waals surface area contributed by atoms with Gasteiger partial charge in [-0.15, -0.1) is 0 Å². The lowest BCUT2D eigenvalue weighted by atomic mass is 10.1. The topological polar surface area (TPSA) is 52.3 Å². The summed E-state index contributed by atoms with van der Waals surface area (Å²) >= 11 is 9.15. The number of carbonyl (C=O) groups is 1. The van der Waals surface area contributed by atoms with Gasteiger partial charge in [0.05, 0.1) is 7.11 Å². The van der Waals surface area contributed by atoms with Crippen LogP contribution >= 0.6 is 27.5 Å². The molecule has 0 bridgehead atoms. The Hall–Kier alpha value is -0.580. The third-order valence-electron chi connectivity index (χ3n) is 1.75. The molecule has 1 rings (SSSR count). The predicted octanol–water partition coefficient (Wildman–Crippen LogP) is 2.28. The van der Waals surface area contributed by atoms with E-state index in [9.17, 15) is 4.79 Å². The Balaban J connectivity index is 3.05. The molecule has 0 saturated carbocycles. The van der Waals surface area contributed by atoms with Gasteiger partial charge in [0, 0.05) is 9.50 Å². The zero-order valence-electron chi connectivity index (χ0n) is 7.46. The maximum atomic E-state index is 11.2. The summed E-state index contributed by atoms with van der Waals surface area (Å²) in [5, 5.41) is 0.450. The second-order valence-corrected chi connectivity index (χ2v) is 3.99. The first-order valence-electron chi connectivity index (χ1n) is 3.84. The molecule has 0 unspecified atom stereocenters. The molecular formula is C9H9BrClNO2. The van der Waals surface area contributed by atoms with Crippen LogP contribution in [0.3, 0.4) is 0 Å². The molecule has 0 heterocycles. The molecule has 0 fully saturated rings. The molecule has 0 saturated heterocycles. The van der Waals surface area contributed by atoms with Crippen LogP contribution < -0.4 is 5.73 Å². The number of methoxy groups -OCH3 is 1. The lowest BCUT2D eigenvalue weighted by molar-refractivity contribution is -0.142. The number of rotatable bonds is 2. The van der Waals surface area contributed by atoms with Crippen molar-refractivity contribution in [3.63, 3.8) is 0 Å². The molecule has 0 aromatic heterocycles. The van der Waals surface area contributed by atoms with E-state index >= 15 is 0 Å². The Kier molecular flexibility index (Phi) is 3.92. The zero-order chi connectivity index (χ0) is 10.7. The lowest BCUT2D eigenvalue weighted by Crippen LogP contribution is -2.22. The van der Waals surface area contributed by atoms with Crippen LogP contribution in [0.1, 0.15) is 11.6 Å². The summed E-state index contributed by atoms with van der Waals surface area (Å²) in [4.78, 5) is 11.2. The minimum absolute atomic E-state index is 0.450. The Morgan fingerprint density at radius 2 is 2.29 bits per heavy atom. The van der Waals surface area contributed by atoms with E-state index < -0.39 is 12.0 Å². The van der Waals surface area contributed by atoms with Crippen molar-refractivity contribution in [2.24, 2.45) is 5.73 Å². The highest BCUT2D eigenvalue weighted by Gasteiger charge is 2.19. The number of halogens is 2. The average molecular weight is 279 g/mol. The fourth-order valence-electron chi connectivity index (χ4n) is 1.01. The minimum atomic E-state index is -0.843. The van der Waals surface area contributed by atoms with Crippen molar-refractivity contribution in [3.05, 3.63) is 33.3 Å². The monoisotopic (exact) mass is 277 g/mol. The van der Waals surface area contributed by atoms with E-state index in [4.69, 9.17) is 17.3 Å². The summed E-state index contributed by atoms with van der Waals surface area (Å²) in [6, 6.07) is 4.30. The molecule has 3 nitrogen and oxygen atoms in total. The first kappa shape index (κ1) is 11.5. The second kappa shape index (κ2) is 4.77. The summed E-state index contributed by atoms with van der Waals surface area (Å²) in [6.45, 7) is 0. The molecule has 76 valence electrons. The molecule has 0 aliphatic heterocycles. The van der Waals surface area contributed by atoms with E-state index in [1.165, 1.54) is 7.11 Å². The standard InChI is InChI=1S/C9H9BrClNO2/c1-14-9(13)8(12)6-4-5(10)2-3-7(6)11/h2-4,8H,12H2,1H3/t8-/m1/s1. The van der Waals surface area contributed by atoms with E-state index in [-0.39, 0.29) is 0 Å². The van der Waals surface area contributed by atoms with Gasteiger partial charge in [-0.2, -0.15) is 0 Å². The summed E-state index contributed by atoms with van der Waals surface area (Å²) < 4.78 is 5.34. The highest BCUT2D eigenvalue weighted by atomic mass is 79.9. The summed E-state index contributed by atoms with van der Waals surface area (Å²) in [5.41, 5.74) is 6.19. The molecule has 1 aromatic rings. The van der Waals surface area contributed by atoms with E-state index in [1.807, 2.05) is 0 Å². The molecular weight excluding hydrogens is 269 g/mol. The molecule has 0 radical (unpaired) electrons. The second-order valence-electron chi connectivity index (χ2n) is 2.67. The average Bonchev–Trinajstić information content (AvgIpc) is 2.19. The molecule has 0 aliphatic carbocycles. The summed E-state index contributed by atoms with van der Waals surface area (Å²) in [7, 11) is 1.29. The Bertz CT molecular complexity index is 357. The van der Waals surface area contributed by atoms with Crippen molar-refractivity contribution in [2.45, 2.75) is 6.04 Å². The van der Waals surface area contributed by atoms with Crippen LogP contribution in [-0.2, 0) is 9.53 Å². The van der Waals surface area contributed by atoms with Crippen LogP contribution in [0, 0.1) is 0 Å². The van der Waals surface area contributed by atoms with E-state index in [0.29, 0.717) is 10.6 Å². The van der Waals surface area contributed by atoms with E-state index in [2.05, 4.69) is 20.7 Å². The normalized spacial score (nSPS) is 12.3. The van der Waals surface area contributed by atoms with Crippen LogP contribution in [0.15, 0.2) is 22.7 Å². The Labute approximate surface area is 95.3 Å². The van der Waals surface area contributed by atoms with Crippen molar-refractivity contribution in [2.75, 3.05) is 7.11 Å². The van der Waals surface area contributed by atoms with Gasteiger partial charge in [0.15, 0.2) is 0 Å². The number of hydrogen-bond donors (Lipinski definition) is 1. The maximum absolute atomic E-state index is 11.2. The van der Waals surface area contributed by atoms with E-state index in [1.54, 1.807) is 18.2 Å². The Morgan fingerprint density at radius 3 is 2.86 bits per heavy atom. The largest absolute Gasteiger partial charge is 0.468 e. The van der Waals surface area contributed by atoms with Gasteiger partial charge in [0.25, 0.3) is 0 Å². The summed E-state index contributed by atoms with van der Waals surface area (Å²) in [6.07, 6.45) is 0. The van der Waals surface area contributed by atoms with Crippen LogP contribution in [0.4, 0.5) is 0 Å². The number of hydrogen-bond acceptors (Lipinski definition) is 3. The van der Waals surface area contributed by atoms with Gasteiger partial charge < -0.3 is 10.5 Å². The smallest absolute Gasteiger partial charge is 0.327 e. The number of benzene rings is 1. The molecule has 1 aromatic carbocycles. The maximum Gasteiger partial charge on any atom is 0.327 e. The van der Waals surface area contributed by atoms with Crippen molar-refractivity contribution >= 4 is 33.5 Å². The van der Waals surface area contributed by atoms with Gasteiger partial charge in [-0.05, 0) is 23.8 Å². The first-order chi connectivity index (χ1) is 6.56. The van der Waals surface area contributed by atoms with Crippen LogP contribution in [0.2, 0.25) is 5.02 Å². The quantitative estimate of drug-likeness (QED) is 0.844. The number of nitrogens with two attached hydrogens (primary N) is 1. The Morgan fingerprint density at radius 1 is 1.64 bits per heavy atom. The number of carbonyl (C=O) groups excluding carboxylic acids is 1. The van der Waals surface area contributed by atoms with Gasteiger partial charge in [-0.3, -0.25) is 4.79 Å². The number of esters is 1.